The van der Waals surface area contributed by atoms with Gasteiger partial charge in [0.2, 0.25) is 0 Å². The van der Waals surface area contributed by atoms with Crippen molar-refractivity contribution in [3.05, 3.63) is 30.1 Å². The van der Waals surface area contributed by atoms with Crippen molar-refractivity contribution in [2.45, 2.75) is 19.3 Å². The zero-order chi connectivity index (χ0) is 12.1. The van der Waals surface area contributed by atoms with Gasteiger partial charge in [-0.3, -0.25) is 4.98 Å². The highest BCUT2D eigenvalue weighted by molar-refractivity contribution is 5.10. The van der Waals surface area contributed by atoms with E-state index in [9.17, 15) is 0 Å². The Kier molecular flexibility index (Phi) is 4.13. The Labute approximate surface area is 104 Å². The molecule has 3 nitrogen and oxygen atoms in total. The van der Waals surface area contributed by atoms with Gasteiger partial charge in [0.15, 0.2) is 0 Å². The lowest BCUT2D eigenvalue weighted by Crippen LogP contribution is -2.33. The van der Waals surface area contributed by atoms with Gasteiger partial charge >= 0.3 is 0 Å². The predicted octanol–water partition coefficient (Wildman–Crippen LogP) is 1.56. The zero-order valence-electron chi connectivity index (χ0n) is 10.9. The third-order valence-electron chi connectivity index (χ3n) is 3.65. The fraction of sp³-hybridized carbons (Fsp3) is 0.643. The minimum Gasteiger partial charge on any atom is -0.319 e. The molecule has 1 aliphatic rings. The molecule has 2 rings (SSSR count). The van der Waals surface area contributed by atoms with Crippen molar-refractivity contribution in [2.24, 2.45) is 5.41 Å². The lowest BCUT2D eigenvalue weighted by atomic mass is 10.1. The van der Waals surface area contributed by atoms with E-state index in [0.717, 1.165) is 19.5 Å². The summed E-state index contributed by atoms with van der Waals surface area (Å²) >= 11 is 0. The van der Waals surface area contributed by atoms with Gasteiger partial charge in [0.25, 0.3) is 0 Å². The highest BCUT2D eigenvalue weighted by atomic mass is 15.1. The zero-order valence-corrected chi connectivity index (χ0v) is 10.9. The van der Waals surface area contributed by atoms with Gasteiger partial charge in [-0.2, -0.15) is 0 Å². The van der Waals surface area contributed by atoms with E-state index < -0.39 is 0 Å². The fourth-order valence-electron chi connectivity index (χ4n) is 2.46. The van der Waals surface area contributed by atoms with Crippen LogP contribution in [0.15, 0.2) is 24.5 Å². The summed E-state index contributed by atoms with van der Waals surface area (Å²) < 4.78 is 0. The number of aromatic nitrogens is 1. The van der Waals surface area contributed by atoms with Gasteiger partial charge < -0.3 is 10.2 Å². The van der Waals surface area contributed by atoms with E-state index in [4.69, 9.17) is 0 Å². The molecular formula is C14H23N3. The lowest BCUT2D eigenvalue weighted by Gasteiger charge is -2.23. The van der Waals surface area contributed by atoms with Crippen molar-refractivity contribution in [1.82, 2.24) is 15.2 Å². The summed E-state index contributed by atoms with van der Waals surface area (Å²) in [5.41, 5.74) is 1.95. The molecule has 0 saturated heterocycles. The highest BCUT2D eigenvalue weighted by Crippen LogP contribution is 2.45. The minimum absolute atomic E-state index is 0.571. The summed E-state index contributed by atoms with van der Waals surface area (Å²) in [5.74, 6) is 0. The Morgan fingerprint density at radius 1 is 1.35 bits per heavy atom. The molecule has 3 heteroatoms. The maximum Gasteiger partial charge on any atom is 0.0270 e. The van der Waals surface area contributed by atoms with Crippen LogP contribution < -0.4 is 5.32 Å². The van der Waals surface area contributed by atoms with Gasteiger partial charge in [0, 0.05) is 32.0 Å². The first-order valence-electron chi connectivity index (χ1n) is 6.46. The molecule has 1 aromatic rings. The molecule has 0 atom stereocenters. The topological polar surface area (TPSA) is 28.2 Å². The molecule has 0 amide bonds. The fourth-order valence-corrected chi connectivity index (χ4v) is 2.46. The molecule has 0 bridgehead atoms. The van der Waals surface area contributed by atoms with Crippen LogP contribution in [-0.4, -0.2) is 43.6 Å². The van der Waals surface area contributed by atoms with Crippen molar-refractivity contribution >= 4 is 0 Å². The summed E-state index contributed by atoms with van der Waals surface area (Å²) in [6.45, 7) is 3.51. The van der Waals surface area contributed by atoms with E-state index in [2.05, 4.69) is 41.4 Å². The Morgan fingerprint density at radius 3 is 2.65 bits per heavy atom. The van der Waals surface area contributed by atoms with Crippen LogP contribution in [0.1, 0.15) is 18.4 Å². The molecule has 17 heavy (non-hydrogen) atoms. The highest BCUT2D eigenvalue weighted by Gasteiger charge is 2.42. The number of rotatable bonds is 7. The van der Waals surface area contributed by atoms with Crippen LogP contribution in [0.5, 0.6) is 0 Å². The molecule has 1 saturated carbocycles. The van der Waals surface area contributed by atoms with Crippen molar-refractivity contribution in [1.29, 1.82) is 0 Å². The Balaban J connectivity index is 1.73. The molecule has 1 heterocycles. The van der Waals surface area contributed by atoms with Crippen molar-refractivity contribution in [3.63, 3.8) is 0 Å². The molecular weight excluding hydrogens is 210 g/mol. The van der Waals surface area contributed by atoms with Crippen LogP contribution in [0.25, 0.3) is 0 Å². The quantitative estimate of drug-likeness (QED) is 0.774. The smallest absolute Gasteiger partial charge is 0.0270 e. The SMILES string of the molecule is CNCC1(CN(C)CCc2ccncc2)CC1. The van der Waals surface area contributed by atoms with Crippen molar-refractivity contribution in [2.75, 3.05) is 33.7 Å². The first kappa shape index (κ1) is 12.5. The van der Waals surface area contributed by atoms with Gasteiger partial charge in [0.05, 0.1) is 0 Å². The number of nitrogens with zero attached hydrogens (tertiary/aromatic N) is 2. The lowest BCUT2D eigenvalue weighted by molar-refractivity contribution is 0.262. The van der Waals surface area contributed by atoms with Crippen LogP contribution >= 0.6 is 0 Å². The maximum absolute atomic E-state index is 4.04. The van der Waals surface area contributed by atoms with Crippen LogP contribution in [0.2, 0.25) is 0 Å². The third-order valence-corrected chi connectivity index (χ3v) is 3.65. The molecule has 0 unspecified atom stereocenters. The number of hydrogen-bond donors (Lipinski definition) is 1. The van der Waals surface area contributed by atoms with E-state index in [1.54, 1.807) is 0 Å². The summed E-state index contributed by atoms with van der Waals surface area (Å²) in [4.78, 5) is 6.51. The average Bonchev–Trinajstić information content (AvgIpc) is 3.08. The van der Waals surface area contributed by atoms with Crippen LogP contribution in [0, 0.1) is 5.41 Å². The summed E-state index contributed by atoms with van der Waals surface area (Å²) in [7, 11) is 4.29. The molecule has 1 aromatic heterocycles. The molecule has 0 spiro atoms. The normalized spacial score (nSPS) is 17.4. The van der Waals surface area contributed by atoms with Gasteiger partial charge in [-0.15, -0.1) is 0 Å². The average molecular weight is 233 g/mol. The van der Waals surface area contributed by atoms with Crippen LogP contribution in [0.3, 0.4) is 0 Å². The maximum atomic E-state index is 4.04. The summed E-state index contributed by atoms with van der Waals surface area (Å²) in [6.07, 6.45) is 7.63. The van der Waals surface area contributed by atoms with E-state index in [1.807, 2.05) is 12.4 Å². The first-order valence-corrected chi connectivity index (χ1v) is 6.46. The van der Waals surface area contributed by atoms with Crippen molar-refractivity contribution < 1.29 is 0 Å². The summed E-state index contributed by atoms with van der Waals surface area (Å²) in [5, 5.41) is 3.31. The third kappa shape index (κ3) is 3.79. The molecule has 0 aliphatic heterocycles. The van der Waals surface area contributed by atoms with Gasteiger partial charge in [0.1, 0.15) is 0 Å². The monoisotopic (exact) mass is 233 g/mol. The molecule has 94 valence electrons. The largest absolute Gasteiger partial charge is 0.319 e. The second-order valence-corrected chi connectivity index (χ2v) is 5.37. The minimum atomic E-state index is 0.571. The van der Waals surface area contributed by atoms with E-state index in [0.29, 0.717) is 5.41 Å². The number of likely N-dealkylation sites (N-methyl/N-ethyl adjacent to an activating group) is 1. The summed E-state index contributed by atoms with van der Waals surface area (Å²) in [6, 6.07) is 4.21. The van der Waals surface area contributed by atoms with E-state index in [-0.39, 0.29) is 0 Å². The van der Waals surface area contributed by atoms with E-state index in [1.165, 1.54) is 24.9 Å². The predicted molar refractivity (Wildman–Crippen MR) is 71.0 cm³/mol. The number of nitrogens with one attached hydrogen (secondary N) is 1. The van der Waals surface area contributed by atoms with E-state index >= 15 is 0 Å². The number of pyridine rings is 1. The molecule has 1 fully saturated rings. The molecule has 0 radical (unpaired) electrons. The van der Waals surface area contributed by atoms with Gasteiger partial charge in [-0.1, -0.05) is 0 Å². The molecule has 1 N–H and O–H groups in total. The Bertz CT molecular complexity index is 333. The van der Waals surface area contributed by atoms with Crippen molar-refractivity contribution in [3.8, 4) is 0 Å². The Morgan fingerprint density at radius 2 is 2.06 bits per heavy atom. The first-order chi connectivity index (χ1) is 8.24. The standard InChI is InChI=1S/C14H23N3/c1-15-11-14(6-7-14)12-17(2)10-5-13-3-8-16-9-4-13/h3-4,8-9,15H,5-7,10-12H2,1-2H3. The second-order valence-electron chi connectivity index (χ2n) is 5.37. The molecule has 0 aromatic carbocycles. The Hall–Kier alpha value is -0.930. The number of hydrogen-bond acceptors (Lipinski definition) is 3. The van der Waals surface area contributed by atoms with Gasteiger partial charge in [-0.05, 0) is 56.5 Å². The second kappa shape index (κ2) is 5.61. The van der Waals surface area contributed by atoms with Crippen LogP contribution in [-0.2, 0) is 6.42 Å². The van der Waals surface area contributed by atoms with Crippen LogP contribution in [0.4, 0.5) is 0 Å². The van der Waals surface area contributed by atoms with Gasteiger partial charge in [-0.25, -0.2) is 0 Å². The molecule has 1 aliphatic carbocycles.